The van der Waals surface area contributed by atoms with Crippen LogP contribution in [0.25, 0.3) is 0 Å². The first-order valence-corrected chi connectivity index (χ1v) is 6.98. The average molecular weight is 263 g/mol. The molecule has 0 saturated carbocycles. The Hall–Kier alpha value is -1.22. The highest BCUT2D eigenvalue weighted by Gasteiger charge is 2.32. The SMILES string of the molecule is Cc1cc2c(c(C)c1O)CCC(C)(CCN(C)C)O2. The van der Waals surface area contributed by atoms with Crippen LogP contribution in [0.3, 0.4) is 0 Å². The Morgan fingerprint density at radius 1 is 1.37 bits per heavy atom. The molecule has 1 aliphatic rings. The molecule has 0 amide bonds. The van der Waals surface area contributed by atoms with Crippen molar-refractivity contribution in [2.24, 2.45) is 0 Å². The Morgan fingerprint density at radius 2 is 2.05 bits per heavy atom. The van der Waals surface area contributed by atoms with Crippen LogP contribution in [0.1, 0.15) is 36.5 Å². The highest BCUT2D eigenvalue weighted by Crippen LogP contribution is 2.41. The molecule has 1 heterocycles. The number of aromatic hydroxyl groups is 1. The van der Waals surface area contributed by atoms with Crippen molar-refractivity contribution >= 4 is 0 Å². The van der Waals surface area contributed by atoms with Gasteiger partial charge in [0.05, 0.1) is 0 Å². The second-order valence-electron chi connectivity index (χ2n) is 6.25. The van der Waals surface area contributed by atoms with Crippen LogP contribution in [0.4, 0.5) is 0 Å². The fourth-order valence-electron chi connectivity index (χ4n) is 2.72. The van der Waals surface area contributed by atoms with Gasteiger partial charge in [-0.05, 0) is 71.3 Å². The van der Waals surface area contributed by atoms with Gasteiger partial charge in [0, 0.05) is 12.1 Å². The van der Waals surface area contributed by atoms with E-state index in [0.717, 1.165) is 42.7 Å². The number of fused-ring (bicyclic) bond motifs is 1. The summed E-state index contributed by atoms with van der Waals surface area (Å²) in [5.41, 5.74) is 2.95. The lowest BCUT2D eigenvalue weighted by Crippen LogP contribution is -2.39. The van der Waals surface area contributed by atoms with Gasteiger partial charge >= 0.3 is 0 Å². The second-order valence-corrected chi connectivity index (χ2v) is 6.25. The molecule has 19 heavy (non-hydrogen) atoms. The molecule has 0 fully saturated rings. The van der Waals surface area contributed by atoms with Gasteiger partial charge < -0.3 is 14.7 Å². The van der Waals surface area contributed by atoms with Crippen LogP contribution in [0.2, 0.25) is 0 Å². The quantitative estimate of drug-likeness (QED) is 0.910. The predicted octanol–water partition coefficient (Wildman–Crippen LogP) is 3.04. The van der Waals surface area contributed by atoms with E-state index < -0.39 is 0 Å². The molecular weight excluding hydrogens is 238 g/mol. The van der Waals surface area contributed by atoms with Crippen molar-refractivity contribution in [3.05, 3.63) is 22.8 Å². The minimum atomic E-state index is -0.0902. The third-order valence-electron chi connectivity index (χ3n) is 4.17. The predicted molar refractivity (Wildman–Crippen MR) is 78.1 cm³/mol. The van der Waals surface area contributed by atoms with Crippen LogP contribution in [-0.4, -0.2) is 36.2 Å². The van der Waals surface area contributed by atoms with E-state index in [4.69, 9.17) is 4.74 Å². The van der Waals surface area contributed by atoms with Crippen LogP contribution in [0, 0.1) is 13.8 Å². The van der Waals surface area contributed by atoms with Gasteiger partial charge in [-0.25, -0.2) is 0 Å². The molecule has 1 aromatic carbocycles. The maximum Gasteiger partial charge on any atom is 0.124 e. The molecule has 0 bridgehead atoms. The van der Waals surface area contributed by atoms with Crippen molar-refractivity contribution in [2.45, 2.75) is 45.6 Å². The van der Waals surface area contributed by atoms with Crippen molar-refractivity contribution in [1.82, 2.24) is 4.90 Å². The van der Waals surface area contributed by atoms with E-state index in [-0.39, 0.29) is 5.60 Å². The minimum Gasteiger partial charge on any atom is -0.507 e. The van der Waals surface area contributed by atoms with Gasteiger partial charge in [0.1, 0.15) is 17.1 Å². The Labute approximate surface area is 116 Å². The first kappa shape index (κ1) is 14.2. The highest BCUT2D eigenvalue weighted by molar-refractivity contribution is 5.53. The fourth-order valence-corrected chi connectivity index (χ4v) is 2.72. The molecular formula is C16H25NO2. The first-order valence-electron chi connectivity index (χ1n) is 6.98. The van der Waals surface area contributed by atoms with Gasteiger partial charge in [0.15, 0.2) is 0 Å². The molecule has 0 radical (unpaired) electrons. The van der Waals surface area contributed by atoms with Crippen LogP contribution in [-0.2, 0) is 6.42 Å². The molecule has 1 aromatic rings. The molecule has 2 rings (SSSR count). The van der Waals surface area contributed by atoms with E-state index in [2.05, 4.69) is 25.9 Å². The molecule has 1 atom stereocenters. The molecule has 0 aliphatic carbocycles. The number of hydrogen-bond acceptors (Lipinski definition) is 3. The van der Waals surface area contributed by atoms with E-state index in [1.807, 2.05) is 19.9 Å². The zero-order valence-electron chi connectivity index (χ0n) is 12.7. The standard InChI is InChI=1S/C16H25NO2/c1-11-10-14-13(12(2)15(11)18)6-7-16(3,19-14)8-9-17(4)5/h10,18H,6-9H2,1-5H3. The Balaban J connectivity index is 2.24. The first-order chi connectivity index (χ1) is 8.82. The lowest BCUT2D eigenvalue weighted by molar-refractivity contribution is 0.0489. The summed E-state index contributed by atoms with van der Waals surface area (Å²) in [7, 11) is 4.18. The molecule has 0 aromatic heterocycles. The Bertz CT molecular complexity index is 482. The summed E-state index contributed by atoms with van der Waals surface area (Å²) in [5, 5.41) is 10.0. The van der Waals surface area contributed by atoms with Crippen molar-refractivity contribution in [1.29, 1.82) is 0 Å². The highest BCUT2D eigenvalue weighted by atomic mass is 16.5. The summed E-state index contributed by atoms with van der Waals surface area (Å²) in [5.74, 6) is 1.37. The summed E-state index contributed by atoms with van der Waals surface area (Å²) < 4.78 is 6.25. The van der Waals surface area contributed by atoms with Crippen molar-refractivity contribution in [3.63, 3.8) is 0 Å². The van der Waals surface area contributed by atoms with E-state index in [1.54, 1.807) is 0 Å². The van der Waals surface area contributed by atoms with Gasteiger partial charge in [0.25, 0.3) is 0 Å². The number of ether oxygens (including phenoxy) is 1. The van der Waals surface area contributed by atoms with E-state index in [9.17, 15) is 5.11 Å². The number of benzene rings is 1. The largest absolute Gasteiger partial charge is 0.507 e. The van der Waals surface area contributed by atoms with Gasteiger partial charge in [0.2, 0.25) is 0 Å². The van der Waals surface area contributed by atoms with Crippen LogP contribution in [0.5, 0.6) is 11.5 Å². The number of phenolic OH excluding ortho intramolecular Hbond substituents is 1. The molecule has 3 heteroatoms. The number of nitrogens with zero attached hydrogens (tertiary/aromatic N) is 1. The number of aryl methyl sites for hydroxylation is 1. The third-order valence-corrected chi connectivity index (χ3v) is 4.17. The summed E-state index contributed by atoms with van der Waals surface area (Å²) in [4.78, 5) is 2.19. The molecule has 106 valence electrons. The number of rotatable bonds is 3. The zero-order chi connectivity index (χ0) is 14.2. The van der Waals surface area contributed by atoms with Crippen LogP contribution < -0.4 is 4.74 Å². The summed E-state index contributed by atoms with van der Waals surface area (Å²) in [6, 6.07) is 1.98. The van der Waals surface area contributed by atoms with E-state index in [1.165, 1.54) is 5.56 Å². The zero-order valence-corrected chi connectivity index (χ0v) is 12.7. The van der Waals surface area contributed by atoms with Crippen molar-refractivity contribution < 1.29 is 9.84 Å². The van der Waals surface area contributed by atoms with Crippen LogP contribution >= 0.6 is 0 Å². The minimum absolute atomic E-state index is 0.0902. The smallest absolute Gasteiger partial charge is 0.124 e. The molecule has 0 saturated heterocycles. The van der Waals surface area contributed by atoms with Gasteiger partial charge in [-0.3, -0.25) is 0 Å². The molecule has 3 nitrogen and oxygen atoms in total. The molecule has 1 aliphatic heterocycles. The second kappa shape index (κ2) is 5.04. The topological polar surface area (TPSA) is 32.7 Å². The van der Waals surface area contributed by atoms with E-state index >= 15 is 0 Å². The van der Waals surface area contributed by atoms with E-state index in [0.29, 0.717) is 5.75 Å². The lowest BCUT2D eigenvalue weighted by Gasteiger charge is -2.37. The van der Waals surface area contributed by atoms with Gasteiger partial charge in [-0.1, -0.05) is 0 Å². The lowest BCUT2D eigenvalue weighted by atomic mass is 9.87. The van der Waals surface area contributed by atoms with Crippen molar-refractivity contribution in [2.75, 3.05) is 20.6 Å². The average Bonchev–Trinajstić information content (AvgIpc) is 2.34. The normalized spacial score (nSPS) is 22.2. The molecule has 1 unspecified atom stereocenters. The number of hydrogen-bond donors (Lipinski definition) is 1. The van der Waals surface area contributed by atoms with Crippen LogP contribution in [0.15, 0.2) is 6.07 Å². The van der Waals surface area contributed by atoms with Gasteiger partial charge in [-0.15, -0.1) is 0 Å². The molecule has 1 N–H and O–H groups in total. The van der Waals surface area contributed by atoms with Crippen molar-refractivity contribution in [3.8, 4) is 11.5 Å². The summed E-state index contributed by atoms with van der Waals surface area (Å²) in [6.45, 7) is 7.13. The Morgan fingerprint density at radius 3 is 2.68 bits per heavy atom. The monoisotopic (exact) mass is 263 g/mol. The van der Waals surface area contributed by atoms with Gasteiger partial charge in [-0.2, -0.15) is 0 Å². The fraction of sp³-hybridized carbons (Fsp3) is 0.625. The summed E-state index contributed by atoms with van der Waals surface area (Å²) in [6.07, 6.45) is 3.02. The Kier molecular flexibility index (Phi) is 3.77. The third kappa shape index (κ3) is 2.86. The maximum atomic E-state index is 10.0. The number of phenols is 1. The maximum absolute atomic E-state index is 10.0. The molecule has 0 spiro atoms. The summed E-state index contributed by atoms with van der Waals surface area (Å²) >= 11 is 0.